The van der Waals surface area contributed by atoms with E-state index in [1.807, 2.05) is 48.6 Å². The molecule has 0 fully saturated rings. The quantitative estimate of drug-likeness (QED) is 0.327. The number of aromatic nitrogens is 2. The lowest BCUT2D eigenvalue weighted by Gasteiger charge is -2.13. The Labute approximate surface area is 182 Å². The molecule has 1 amide bonds. The van der Waals surface area contributed by atoms with Crippen LogP contribution in [-0.4, -0.2) is 35.7 Å². The standard InChI is InChI=1S/C22H19FN4OS2/c1-27(2)17-9-7-16(8-10-17)26-19(28)12-30-22-20-18(11-29-21(20)24-13-25-22)14-3-5-15(23)6-4-14/h3-11,13H,12H2,1-2H3,(H,26,28). The fourth-order valence-corrected chi connectivity index (χ4v) is 4.77. The van der Waals surface area contributed by atoms with E-state index in [-0.39, 0.29) is 17.5 Å². The number of nitrogens with zero attached hydrogens (tertiary/aromatic N) is 3. The van der Waals surface area contributed by atoms with Crippen molar-refractivity contribution in [2.24, 2.45) is 0 Å². The normalized spacial score (nSPS) is 10.9. The van der Waals surface area contributed by atoms with E-state index in [1.54, 1.807) is 12.1 Å². The van der Waals surface area contributed by atoms with E-state index in [4.69, 9.17) is 0 Å². The van der Waals surface area contributed by atoms with Gasteiger partial charge in [-0.05, 0) is 42.0 Å². The minimum atomic E-state index is -0.278. The highest BCUT2D eigenvalue weighted by atomic mass is 32.2. The lowest BCUT2D eigenvalue weighted by molar-refractivity contribution is -0.113. The van der Waals surface area contributed by atoms with Crippen molar-refractivity contribution in [1.82, 2.24) is 9.97 Å². The highest BCUT2D eigenvalue weighted by Gasteiger charge is 2.15. The molecule has 0 unspecified atom stereocenters. The minimum Gasteiger partial charge on any atom is -0.378 e. The molecule has 0 atom stereocenters. The predicted molar refractivity (Wildman–Crippen MR) is 123 cm³/mol. The number of hydrogen-bond donors (Lipinski definition) is 1. The smallest absolute Gasteiger partial charge is 0.234 e. The molecule has 5 nitrogen and oxygen atoms in total. The summed E-state index contributed by atoms with van der Waals surface area (Å²) in [6.07, 6.45) is 1.51. The molecule has 1 N–H and O–H groups in total. The van der Waals surface area contributed by atoms with Crippen LogP contribution in [-0.2, 0) is 4.79 Å². The molecule has 0 bridgehead atoms. The fraction of sp³-hybridized carbons (Fsp3) is 0.136. The maximum Gasteiger partial charge on any atom is 0.234 e. The van der Waals surface area contributed by atoms with Crippen LogP contribution in [0.1, 0.15) is 0 Å². The van der Waals surface area contributed by atoms with E-state index < -0.39 is 0 Å². The van der Waals surface area contributed by atoms with Crippen molar-refractivity contribution in [2.75, 3.05) is 30.1 Å². The molecule has 8 heteroatoms. The maximum atomic E-state index is 13.3. The summed E-state index contributed by atoms with van der Waals surface area (Å²) >= 11 is 2.87. The van der Waals surface area contributed by atoms with Crippen molar-refractivity contribution in [3.63, 3.8) is 0 Å². The number of fused-ring (bicyclic) bond motifs is 1. The molecule has 0 saturated heterocycles. The molecule has 0 spiro atoms. The number of nitrogens with one attached hydrogen (secondary N) is 1. The average molecular weight is 439 g/mol. The number of hydrogen-bond acceptors (Lipinski definition) is 6. The molecular weight excluding hydrogens is 419 g/mol. The fourth-order valence-electron chi connectivity index (χ4n) is 2.97. The molecule has 30 heavy (non-hydrogen) atoms. The van der Waals surface area contributed by atoms with E-state index in [2.05, 4.69) is 15.3 Å². The summed E-state index contributed by atoms with van der Waals surface area (Å²) in [5.74, 6) is -0.164. The third-order valence-electron chi connectivity index (χ3n) is 4.50. The number of carbonyl (C=O) groups is 1. The number of halogens is 1. The largest absolute Gasteiger partial charge is 0.378 e. The first-order valence-corrected chi connectivity index (χ1v) is 11.1. The topological polar surface area (TPSA) is 58.1 Å². The van der Waals surface area contributed by atoms with Gasteiger partial charge in [0, 0.05) is 36.4 Å². The zero-order valence-electron chi connectivity index (χ0n) is 16.4. The number of benzene rings is 2. The molecule has 4 rings (SSSR count). The van der Waals surface area contributed by atoms with Crippen LogP contribution in [0.2, 0.25) is 0 Å². The van der Waals surface area contributed by atoms with Crippen molar-refractivity contribution < 1.29 is 9.18 Å². The minimum absolute atomic E-state index is 0.108. The van der Waals surface area contributed by atoms with Gasteiger partial charge >= 0.3 is 0 Å². The third-order valence-corrected chi connectivity index (χ3v) is 6.37. The second kappa shape index (κ2) is 8.81. The Morgan fingerprint density at radius 2 is 1.83 bits per heavy atom. The van der Waals surface area contributed by atoms with Gasteiger partial charge in [0.25, 0.3) is 0 Å². The van der Waals surface area contributed by atoms with Crippen LogP contribution in [0.5, 0.6) is 0 Å². The summed E-state index contributed by atoms with van der Waals surface area (Å²) < 4.78 is 13.3. The zero-order valence-corrected chi connectivity index (χ0v) is 18.1. The van der Waals surface area contributed by atoms with Gasteiger partial charge in [0.1, 0.15) is 22.0 Å². The Morgan fingerprint density at radius 1 is 1.10 bits per heavy atom. The van der Waals surface area contributed by atoms with Crippen molar-refractivity contribution in [2.45, 2.75) is 5.03 Å². The second-order valence-electron chi connectivity index (χ2n) is 6.79. The average Bonchev–Trinajstić information content (AvgIpc) is 3.18. The Kier molecular flexibility index (Phi) is 5.96. The van der Waals surface area contributed by atoms with Gasteiger partial charge in [-0.1, -0.05) is 23.9 Å². The molecule has 0 radical (unpaired) electrons. The van der Waals surface area contributed by atoms with Crippen LogP contribution >= 0.6 is 23.1 Å². The van der Waals surface area contributed by atoms with Crippen LogP contribution in [0.15, 0.2) is 65.3 Å². The number of anilines is 2. The summed E-state index contributed by atoms with van der Waals surface area (Å²) in [5.41, 5.74) is 3.65. The molecule has 0 aliphatic heterocycles. The zero-order chi connectivity index (χ0) is 21.1. The van der Waals surface area contributed by atoms with Gasteiger partial charge in [-0.3, -0.25) is 4.79 Å². The Hall–Kier alpha value is -2.97. The first-order chi connectivity index (χ1) is 14.5. The number of thioether (sulfide) groups is 1. The SMILES string of the molecule is CN(C)c1ccc(NC(=O)CSc2ncnc3scc(-c4ccc(F)cc4)c23)cc1. The van der Waals surface area contributed by atoms with Crippen LogP contribution in [0, 0.1) is 5.82 Å². The predicted octanol–water partition coefficient (Wildman–Crippen LogP) is 5.29. The molecule has 4 aromatic rings. The van der Waals surface area contributed by atoms with Crippen molar-refractivity contribution >= 4 is 50.6 Å². The van der Waals surface area contributed by atoms with Gasteiger partial charge in [0.15, 0.2) is 0 Å². The number of carbonyl (C=O) groups excluding carboxylic acids is 1. The molecule has 152 valence electrons. The van der Waals surface area contributed by atoms with Gasteiger partial charge in [-0.25, -0.2) is 14.4 Å². The van der Waals surface area contributed by atoms with E-state index in [0.29, 0.717) is 0 Å². The van der Waals surface area contributed by atoms with Gasteiger partial charge in [-0.15, -0.1) is 11.3 Å². The van der Waals surface area contributed by atoms with E-state index >= 15 is 0 Å². The van der Waals surface area contributed by atoms with Crippen LogP contribution < -0.4 is 10.2 Å². The summed E-state index contributed by atoms with van der Waals surface area (Å²) in [4.78, 5) is 24.0. The van der Waals surface area contributed by atoms with Crippen molar-refractivity contribution in [3.8, 4) is 11.1 Å². The first-order valence-electron chi connectivity index (χ1n) is 9.19. The Bertz CT molecular complexity index is 1170. The lowest BCUT2D eigenvalue weighted by Crippen LogP contribution is -2.14. The summed E-state index contributed by atoms with van der Waals surface area (Å²) in [5, 5.41) is 6.53. The first kappa shape index (κ1) is 20.3. The Morgan fingerprint density at radius 3 is 2.53 bits per heavy atom. The van der Waals surface area contributed by atoms with E-state index in [1.165, 1.54) is 41.6 Å². The molecule has 2 heterocycles. The number of amides is 1. The number of thiophene rings is 1. The maximum absolute atomic E-state index is 13.3. The van der Waals surface area contributed by atoms with Gasteiger partial charge in [-0.2, -0.15) is 0 Å². The lowest BCUT2D eigenvalue weighted by atomic mass is 10.1. The van der Waals surface area contributed by atoms with E-state index in [9.17, 15) is 9.18 Å². The molecule has 0 saturated carbocycles. The molecule has 0 aliphatic rings. The van der Waals surface area contributed by atoms with Crippen molar-refractivity contribution in [3.05, 3.63) is 66.1 Å². The van der Waals surface area contributed by atoms with Gasteiger partial charge < -0.3 is 10.2 Å². The summed E-state index contributed by atoms with van der Waals surface area (Å²) in [6.45, 7) is 0. The monoisotopic (exact) mass is 438 g/mol. The highest BCUT2D eigenvalue weighted by molar-refractivity contribution is 8.00. The van der Waals surface area contributed by atoms with E-state index in [0.717, 1.165) is 37.7 Å². The van der Waals surface area contributed by atoms with Crippen LogP contribution in [0.4, 0.5) is 15.8 Å². The second-order valence-corrected chi connectivity index (χ2v) is 8.62. The van der Waals surface area contributed by atoms with Gasteiger partial charge in [0.2, 0.25) is 5.91 Å². The summed E-state index contributed by atoms with van der Waals surface area (Å²) in [6, 6.07) is 14.0. The molecular formula is C22H19FN4OS2. The summed E-state index contributed by atoms with van der Waals surface area (Å²) in [7, 11) is 3.94. The van der Waals surface area contributed by atoms with Crippen molar-refractivity contribution in [1.29, 1.82) is 0 Å². The molecule has 0 aliphatic carbocycles. The third kappa shape index (κ3) is 4.44. The number of rotatable bonds is 6. The Balaban J connectivity index is 1.50. The molecule has 2 aromatic heterocycles. The molecule has 2 aromatic carbocycles. The van der Waals surface area contributed by atoms with Crippen LogP contribution in [0.3, 0.4) is 0 Å². The van der Waals surface area contributed by atoms with Gasteiger partial charge in [0.05, 0.1) is 11.1 Å². The van der Waals surface area contributed by atoms with Crippen LogP contribution in [0.25, 0.3) is 21.3 Å². The highest BCUT2D eigenvalue weighted by Crippen LogP contribution is 2.37.